The number of anilines is 1. The number of carbonyl (C=O) groups excluding carboxylic acids is 1. The van der Waals surface area contributed by atoms with Crippen LogP contribution in [0.25, 0.3) is 0 Å². The van der Waals surface area contributed by atoms with Gasteiger partial charge in [-0.3, -0.25) is 4.31 Å². The van der Waals surface area contributed by atoms with E-state index in [2.05, 4.69) is 4.74 Å². The molecule has 0 bridgehead atoms. The topological polar surface area (TPSA) is 63.7 Å². The highest BCUT2D eigenvalue weighted by molar-refractivity contribution is 7.92. The monoisotopic (exact) mass is 419 g/mol. The van der Waals surface area contributed by atoms with E-state index < -0.39 is 37.7 Å². The Morgan fingerprint density at radius 1 is 1.19 bits per heavy atom. The highest BCUT2D eigenvalue weighted by Crippen LogP contribution is 2.38. The molecule has 0 saturated heterocycles. The summed E-state index contributed by atoms with van der Waals surface area (Å²) >= 11 is 5.56. The number of hydrogen-bond donors (Lipinski definition) is 0. The second kappa shape index (κ2) is 6.72. The molecule has 0 N–H and O–H groups in total. The van der Waals surface area contributed by atoms with Crippen molar-refractivity contribution >= 4 is 33.3 Å². The molecule has 0 radical (unpaired) electrons. The van der Waals surface area contributed by atoms with Gasteiger partial charge in [0.15, 0.2) is 0 Å². The van der Waals surface area contributed by atoms with E-state index in [9.17, 15) is 26.4 Å². The first kappa shape index (κ1) is 19.5. The zero-order valence-corrected chi connectivity index (χ0v) is 15.5. The maximum Gasteiger partial charge on any atom is 0.417 e. The first-order valence-corrected chi connectivity index (χ1v) is 9.48. The highest BCUT2D eigenvalue weighted by Gasteiger charge is 2.37. The average molecular weight is 420 g/mol. The number of halogens is 4. The first-order chi connectivity index (χ1) is 12.6. The number of alkyl halides is 3. The lowest BCUT2D eigenvalue weighted by molar-refractivity contribution is -0.137. The molecule has 0 spiro atoms. The zero-order chi connectivity index (χ0) is 20.0. The van der Waals surface area contributed by atoms with Gasteiger partial charge >= 0.3 is 12.1 Å². The Morgan fingerprint density at radius 3 is 2.52 bits per heavy atom. The number of carbonyl (C=O) groups is 1. The van der Waals surface area contributed by atoms with Crippen LogP contribution in [-0.2, 0) is 27.4 Å². The van der Waals surface area contributed by atoms with Gasteiger partial charge in [-0.05, 0) is 48.4 Å². The van der Waals surface area contributed by atoms with Gasteiger partial charge in [0.25, 0.3) is 10.0 Å². The number of rotatable bonds is 3. The molecule has 2 aromatic carbocycles. The fraction of sp³-hybridized carbons (Fsp3) is 0.235. The predicted molar refractivity (Wildman–Crippen MR) is 92.5 cm³/mol. The molecule has 0 saturated carbocycles. The quantitative estimate of drug-likeness (QED) is 0.708. The molecule has 1 heterocycles. The lowest BCUT2D eigenvalue weighted by atomic mass is 10.1. The fourth-order valence-corrected chi connectivity index (χ4v) is 4.63. The largest absolute Gasteiger partial charge is 0.465 e. The number of sulfonamides is 1. The molecule has 0 amide bonds. The molecule has 2 aromatic rings. The molecule has 3 rings (SSSR count). The summed E-state index contributed by atoms with van der Waals surface area (Å²) in [6.07, 6.45) is -4.46. The van der Waals surface area contributed by atoms with Gasteiger partial charge in [-0.25, -0.2) is 13.2 Å². The molecule has 0 aliphatic carbocycles. The molecule has 0 aromatic heterocycles. The van der Waals surface area contributed by atoms with Crippen molar-refractivity contribution in [2.24, 2.45) is 0 Å². The summed E-state index contributed by atoms with van der Waals surface area (Å²) in [4.78, 5) is 11.1. The van der Waals surface area contributed by atoms with Gasteiger partial charge < -0.3 is 4.74 Å². The van der Waals surface area contributed by atoms with E-state index in [0.29, 0.717) is 23.7 Å². The Morgan fingerprint density at radius 2 is 1.89 bits per heavy atom. The lowest BCUT2D eigenvalue weighted by Gasteiger charge is -2.20. The van der Waals surface area contributed by atoms with Crippen LogP contribution in [0.2, 0.25) is 5.02 Å². The van der Waals surface area contributed by atoms with Crippen molar-refractivity contribution in [3.8, 4) is 0 Å². The van der Waals surface area contributed by atoms with Crippen molar-refractivity contribution in [1.82, 2.24) is 0 Å². The normalized spacial score (nSPS) is 14.2. The fourth-order valence-electron chi connectivity index (χ4n) is 2.88. The molecule has 10 heteroatoms. The summed E-state index contributed by atoms with van der Waals surface area (Å²) in [5.41, 5.74) is -0.0512. The van der Waals surface area contributed by atoms with Gasteiger partial charge in [0, 0.05) is 6.54 Å². The van der Waals surface area contributed by atoms with E-state index >= 15 is 0 Å². The number of fused-ring (bicyclic) bond motifs is 1. The molecule has 1 aliphatic rings. The third-order valence-electron chi connectivity index (χ3n) is 4.18. The van der Waals surface area contributed by atoms with E-state index in [4.69, 9.17) is 11.6 Å². The molecule has 5 nitrogen and oxygen atoms in total. The Balaban J connectivity index is 2.03. The van der Waals surface area contributed by atoms with Gasteiger partial charge in [0.1, 0.15) is 0 Å². The standard InChI is InChI=1S/C17H13ClF3NO4S/c1-26-16(23)11-2-5-15-10(8-11)6-7-22(15)27(24,25)12-3-4-14(18)13(9-12)17(19,20)21/h2-5,8-9H,6-7H2,1H3. The van der Waals surface area contributed by atoms with Crippen molar-refractivity contribution < 1.29 is 31.1 Å². The Labute approximate surface area is 158 Å². The molecule has 144 valence electrons. The predicted octanol–water partition coefficient (Wildman–Crippen LogP) is 3.90. The van der Waals surface area contributed by atoms with E-state index in [0.717, 1.165) is 16.4 Å². The number of esters is 1. The van der Waals surface area contributed by atoms with Crippen LogP contribution >= 0.6 is 11.6 Å². The summed E-state index contributed by atoms with van der Waals surface area (Å²) in [6.45, 7) is 0.0479. The molecular weight excluding hydrogens is 407 g/mol. The van der Waals surface area contributed by atoms with Crippen LogP contribution in [0, 0.1) is 0 Å². The number of nitrogens with zero attached hydrogens (tertiary/aromatic N) is 1. The summed E-state index contributed by atoms with van der Waals surface area (Å²) in [5, 5.41) is -0.578. The van der Waals surface area contributed by atoms with Crippen molar-refractivity contribution in [2.45, 2.75) is 17.5 Å². The van der Waals surface area contributed by atoms with Crippen molar-refractivity contribution in [1.29, 1.82) is 0 Å². The highest BCUT2D eigenvalue weighted by atomic mass is 35.5. The number of ether oxygens (including phenoxy) is 1. The second-order valence-electron chi connectivity index (χ2n) is 5.80. The Hall–Kier alpha value is -2.26. The molecule has 0 unspecified atom stereocenters. The third kappa shape index (κ3) is 3.49. The summed E-state index contributed by atoms with van der Waals surface area (Å²) in [6, 6.07) is 6.83. The lowest BCUT2D eigenvalue weighted by Crippen LogP contribution is -2.29. The van der Waals surface area contributed by atoms with Crippen molar-refractivity contribution in [2.75, 3.05) is 18.0 Å². The van der Waals surface area contributed by atoms with Crippen LogP contribution in [0.4, 0.5) is 18.9 Å². The SMILES string of the molecule is COC(=O)c1ccc2c(c1)CCN2S(=O)(=O)c1ccc(Cl)c(C(F)(F)F)c1. The smallest absolute Gasteiger partial charge is 0.417 e. The van der Waals surface area contributed by atoms with Gasteiger partial charge in [0.2, 0.25) is 0 Å². The van der Waals surface area contributed by atoms with Crippen LogP contribution in [0.15, 0.2) is 41.3 Å². The van der Waals surface area contributed by atoms with Crippen LogP contribution in [0.5, 0.6) is 0 Å². The van der Waals surface area contributed by atoms with Crippen LogP contribution in [0.1, 0.15) is 21.5 Å². The minimum Gasteiger partial charge on any atom is -0.465 e. The maximum atomic E-state index is 13.1. The minimum absolute atomic E-state index is 0.0479. The third-order valence-corrected chi connectivity index (χ3v) is 6.32. The average Bonchev–Trinajstić information content (AvgIpc) is 3.04. The van der Waals surface area contributed by atoms with E-state index in [1.165, 1.54) is 25.3 Å². The number of hydrogen-bond acceptors (Lipinski definition) is 4. The number of benzene rings is 2. The van der Waals surface area contributed by atoms with Gasteiger partial charge in [-0.1, -0.05) is 11.6 Å². The summed E-state index contributed by atoms with van der Waals surface area (Å²) in [7, 11) is -3.00. The Bertz CT molecular complexity index is 1020. The first-order valence-electron chi connectivity index (χ1n) is 7.66. The maximum absolute atomic E-state index is 13.1. The van der Waals surface area contributed by atoms with Crippen molar-refractivity contribution in [3.05, 3.63) is 58.1 Å². The summed E-state index contributed by atoms with van der Waals surface area (Å²) in [5.74, 6) is -0.563. The molecule has 1 aliphatic heterocycles. The van der Waals surface area contributed by atoms with Gasteiger partial charge in [-0.15, -0.1) is 0 Å². The van der Waals surface area contributed by atoms with E-state index in [1.807, 2.05) is 0 Å². The van der Waals surface area contributed by atoms with Gasteiger partial charge in [-0.2, -0.15) is 13.2 Å². The van der Waals surface area contributed by atoms with E-state index in [-0.39, 0.29) is 12.1 Å². The van der Waals surface area contributed by atoms with E-state index in [1.54, 1.807) is 0 Å². The zero-order valence-electron chi connectivity index (χ0n) is 13.9. The van der Waals surface area contributed by atoms with Crippen LogP contribution in [0.3, 0.4) is 0 Å². The van der Waals surface area contributed by atoms with Crippen LogP contribution < -0.4 is 4.31 Å². The summed E-state index contributed by atoms with van der Waals surface area (Å²) < 4.78 is 70.6. The Kier molecular flexibility index (Phi) is 4.85. The molecular formula is C17H13ClF3NO4S. The van der Waals surface area contributed by atoms with Crippen molar-refractivity contribution in [3.63, 3.8) is 0 Å². The van der Waals surface area contributed by atoms with Gasteiger partial charge in [0.05, 0.1) is 33.8 Å². The molecule has 27 heavy (non-hydrogen) atoms. The minimum atomic E-state index is -4.78. The molecule has 0 atom stereocenters. The van der Waals surface area contributed by atoms with Crippen LogP contribution in [-0.4, -0.2) is 28.0 Å². The number of methoxy groups -OCH3 is 1. The second-order valence-corrected chi connectivity index (χ2v) is 8.07. The molecule has 0 fully saturated rings.